The number of aryl methyl sites for hydroxylation is 3. The van der Waals surface area contributed by atoms with Crippen LogP contribution in [0.2, 0.25) is 0 Å². The number of imidazole rings is 1. The molecule has 3 nitrogen and oxygen atoms in total. The monoisotopic (exact) mass is 362 g/mol. The average molecular weight is 363 g/mol. The Morgan fingerprint density at radius 1 is 0.852 bits per heavy atom. The van der Waals surface area contributed by atoms with Crippen LogP contribution in [-0.2, 0) is 25.8 Å². The third-order valence-corrected chi connectivity index (χ3v) is 5.18. The number of nitrogens with one attached hydrogen (secondary N) is 1. The maximum absolute atomic E-state index is 4.17. The summed E-state index contributed by atoms with van der Waals surface area (Å²) in [5.41, 5.74) is 6.80. The van der Waals surface area contributed by atoms with Crippen LogP contribution in [0.25, 0.3) is 11.1 Å². The van der Waals surface area contributed by atoms with Crippen LogP contribution >= 0.6 is 0 Å². The number of unbranched alkanes of at least 4 members (excludes halogenated alkanes) is 2. The van der Waals surface area contributed by atoms with Gasteiger partial charge < -0.3 is 4.98 Å². The van der Waals surface area contributed by atoms with Gasteiger partial charge in [-0.25, -0.2) is 4.98 Å². The smallest absolute Gasteiger partial charge is 0.182 e. The van der Waals surface area contributed by atoms with Crippen LogP contribution in [0.4, 0.5) is 0 Å². The summed E-state index contributed by atoms with van der Waals surface area (Å²) in [6.45, 7) is 5.55. The Labute approximate surface area is 163 Å². The molecule has 0 saturated carbocycles. The minimum absolute atomic E-state index is 0.994. The Morgan fingerprint density at radius 3 is 2.07 bits per heavy atom. The Hall–Kier alpha value is -2.42. The SMILES string of the molecule is CCCCc1cc(-c2ccccc2)cc(CCCC)[n+]1CCc1cnc[nH]1. The first-order valence-electron chi connectivity index (χ1n) is 10.4. The number of hydrogen-bond acceptors (Lipinski definition) is 1. The number of nitrogens with zero attached hydrogens (tertiary/aromatic N) is 2. The van der Waals surface area contributed by atoms with Gasteiger partial charge in [0.2, 0.25) is 0 Å². The first-order chi connectivity index (χ1) is 13.3. The van der Waals surface area contributed by atoms with Crippen molar-refractivity contribution in [2.24, 2.45) is 0 Å². The summed E-state index contributed by atoms with van der Waals surface area (Å²) in [6, 6.07) is 15.6. The molecular weight excluding hydrogens is 330 g/mol. The van der Waals surface area contributed by atoms with E-state index in [9.17, 15) is 0 Å². The molecule has 2 aromatic heterocycles. The van der Waals surface area contributed by atoms with E-state index >= 15 is 0 Å². The van der Waals surface area contributed by atoms with Crippen molar-refractivity contribution in [3.05, 3.63) is 72.1 Å². The third-order valence-electron chi connectivity index (χ3n) is 5.18. The molecule has 0 aliphatic rings. The van der Waals surface area contributed by atoms with Gasteiger partial charge in [0.25, 0.3) is 0 Å². The van der Waals surface area contributed by atoms with E-state index in [1.807, 2.05) is 6.20 Å². The van der Waals surface area contributed by atoms with Crippen molar-refractivity contribution in [1.82, 2.24) is 9.97 Å². The van der Waals surface area contributed by atoms with Crippen molar-refractivity contribution >= 4 is 0 Å². The molecule has 0 amide bonds. The summed E-state index contributed by atoms with van der Waals surface area (Å²) < 4.78 is 2.57. The first kappa shape index (κ1) is 19.3. The van der Waals surface area contributed by atoms with Gasteiger partial charge in [0, 0.05) is 43.3 Å². The van der Waals surface area contributed by atoms with Gasteiger partial charge in [-0.05, 0) is 24.0 Å². The highest BCUT2D eigenvalue weighted by Crippen LogP contribution is 2.22. The topological polar surface area (TPSA) is 32.6 Å². The maximum Gasteiger partial charge on any atom is 0.182 e. The standard InChI is InChI=1S/C24H32N3/c1-3-5-12-23-16-21(20-10-8-7-9-11-20)17-24(13-6-4-2)27(23)15-14-22-18-25-19-26-22/h7-11,16-19H,3-6,12-15H2,1-2H3,(H,25,26)/q+1. The van der Waals surface area contributed by atoms with Crippen molar-refractivity contribution in [3.63, 3.8) is 0 Å². The lowest BCUT2D eigenvalue weighted by Crippen LogP contribution is -2.44. The second-order valence-corrected chi connectivity index (χ2v) is 7.28. The van der Waals surface area contributed by atoms with E-state index in [4.69, 9.17) is 0 Å². The van der Waals surface area contributed by atoms with Gasteiger partial charge in [-0.15, -0.1) is 0 Å². The largest absolute Gasteiger partial charge is 0.348 e. The molecule has 0 radical (unpaired) electrons. The number of rotatable bonds is 10. The lowest BCUT2D eigenvalue weighted by molar-refractivity contribution is -0.710. The predicted molar refractivity (Wildman–Crippen MR) is 112 cm³/mol. The number of aromatic nitrogens is 3. The average Bonchev–Trinajstić information content (AvgIpc) is 3.23. The summed E-state index contributed by atoms with van der Waals surface area (Å²) in [6.07, 6.45) is 11.9. The van der Waals surface area contributed by atoms with Crippen LogP contribution in [0.5, 0.6) is 0 Å². The number of aromatic amines is 1. The zero-order valence-corrected chi connectivity index (χ0v) is 16.7. The summed E-state index contributed by atoms with van der Waals surface area (Å²) >= 11 is 0. The van der Waals surface area contributed by atoms with E-state index in [1.165, 1.54) is 53.9 Å². The van der Waals surface area contributed by atoms with Gasteiger partial charge in [0.1, 0.15) is 0 Å². The number of H-pyrrole nitrogens is 1. The van der Waals surface area contributed by atoms with Crippen LogP contribution in [0.15, 0.2) is 55.0 Å². The molecule has 1 aromatic carbocycles. The second-order valence-electron chi connectivity index (χ2n) is 7.28. The van der Waals surface area contributed by atoms with Gasteiger partial charge in [-0.3, -0.25) is 0 Å². The second kappa shape index (κ2) is 10.1. The number of pyridine rings is 1. The van der Waals surface area contributed by atoms with E-state index in [1.54, 1.807) is 6.33 Å². The fourth-order valence-corrected chi connectivity index (χ4v) is 3.61. The highest BCUT2D eigenvalue weighted by atomic mass is 15.0. The van der Waals surface area contributed by atoms with E-state index < -0.39 is 0 Å². The molecule has 0 spiro atoms. The van der Waals surface area contributed by atoms with Crippen LogP contribution < -0.4 is 4.57 Å². The van der Waals surface area contributed by atoms with Crippen LogP contribution in [0, 0.1) is 0 Å². The van der Waals surface area contributed by atoms with Gasteiger partial charge in [0.05, 0.1) is 6.33 Å². The van der Waals surface area contributed by atoms with Crippen molar-refractivity contribution < 1.29 is 4.57 Å². The zero-order chi connectivity index (χ0) is 18.9. The van der Waals surface area contributed by atoms with E-state index in [0.29, 0.717) is 0 Å². The third kappa shape index (κ3) is 5.29. The molecule has 3 rings (SSSR count). The van der Waals surface area contributed by atoms with Gasteiger partial charge >= 0.3 is 0 Å². The van der Waals surface area contributed by atoms with Crippen LogP contribution in [0.1, 0.15) is 56.6 Å². The molecule has 3 aromatic rings. The molecule has 0 unspecified atom stereocenters. The molecule has 0 saturated heterocycles. The zero-order valence-electron chi connectivity index (χ0n) is 16.7. The minimum atomic E-state index is 0.994. The fraction of sp³-hybridized carbons (Fsp3) is 0.417. The van der Waals surface area contributed by atoms with Gasteiger partial charge in [0.15, 0.2) is 17.9 Å². The van der Waals surface area contributed by atoms with E-state index in [0.717, 1.165) is 25.8 Å². The fourth-order valence-electron chi connectivity index (χ4n) is 3.61. The summed E-state index contributed by atoms with van der Waals surface area (Å²) in [4.78, 5) is 7.41. The molecule has 0 aliphatic carbocycles. The van der Waals surface area contributed by atoms with Gasteiger partial charge in [-0.2, -0.15) is 4.57 Å². The van der Waals surface area contributed by atoms with Crippen molar-refractivity contribution in [1.29, 1.82) is 0 Å². The van der Waals surface area contributed by atoms with Crippen molar-refractivity contribution in [2.45, 2.75) is 65.3 Å². The Bertz CT molecular complexity index is 778. The van der Waals surface area contributed by atoms with Crippen molar-refractivity contribution in [2.75, 3.05) is 0 Å². The van der Waals surface area contributed by atoms with Gasteiger partial charge in [-0.1, -0.05) is 57.0 Å². The normalized spacial score (nSPS) is 11.0. The highest BCUT2D eigenvalue weighted by Gasteiger charge is 2.19. The van der Waals surface area contributed by atoms with Crippen LogP contribution in [0.3, 0.4) is 0 Å². The molecule has 0 atom stereocenters. The molecule has 0 bridgehead atoms. The summed E-state index contributed by atoms with van der Waals surface area (Å²) in [5.74, 6) is 0. The molecule has 0 fully saturated rings. The highest BCUT2D eigenvalue weighted by molar-refractivity contribution is 5.63. The summed E-state index contributed by atoms with van der Waals surface area (Å²) in [7, 11) is 0. The molecule has 2 heterocycles. The molecule has 3 heteroatoms. The Kier molecular flexibility index (Phi) is 7.20. The van der Waals surface area contributed by atoms with Crippen LogP contribution in [-0.4, -0.2) is 9.97 Å². The summed E-state index contributed by atoms with van der Waals surface area (Å²) in [5, 5.41) is 0. The molecular formula is C24H32N3+. The quantitative estimate of drug-likeness (QED) is 0.488. The minimum Gasteiger partial charge on any atom is -0.348 e. The first-order valence-corrected chi connectivity index (χ1v) is 10.4. The molecule has 27 heavy (non-hydrogen) atoms. The van der Waals surface area contributed by atoms with E-state index in [-0.39, 0.29) is 0 Å². The lowest BCUT2D eigenvalue weighted by atomic mass is 10.0. The molecule has 0 aliphatic heterocycles. The maximum atomic E-state index is 4.17. The Balaban J connectivity index is 1.98. The number of benzene rings is 1. The number of hydrogen-bond donors (Lipinski definition) is 1. The lowest BCUT2D eigenvalue weighted by Gasteiger charge is -2.12. The van der Waals surface area contributed by atoms with E-state index in [2.05, 4.69) is 70.8 Å². The predicted octanol–water partition coefficient (Wildman–Crippen LogP) is 5.29. The molecule has 1 N–H and O–H groups in total. The molecule has 142 valence electrons. The Morgan fingerprint density at radius 2 is 1.52 bits per heavy atom. The van der Waals surface area contributed by atoms with Crippen molar-refractivity contribution in [3.8, 4) is 11.1 Å².